The first-order chi connectivity index (χ1) is 19.8. The van der Waals surface area contributed by atoms with Crippen molar-refractivity contribution in [3.8, 4) is 0 Å². The molecule has 9 nitrogen and oxygen atoms in total. The van der Waals surface area contributed by atoms with Gasteiger partial charge in [0.2, 0.25) is 17.7 Å². The van der Waals surface area contributed by atoms with Gasteiger partial charge in [0.25, 0.3) is 0 Å². The van der Waals surface area contributed by atoms with Crippen molar-refractivity contribution < 1.29 is 23.9 Å². The van der Waals surface area contributed by atoms with E-state index in [4.69, 9.17) is 10.5 Å². The second kappa shape index (κ2) is 19.2. The molecule has 2 atom stereocenters. The van der Waals surface area contributed by atoms with Crippen molar-refractivity contribution in [3.05, 3.63) is 34.9 Å². The fourth-order valence-corrected chi connectivity index (χ4v) is 4.81. The lowest BCUT2D eigenvalue weighted by molar-refractivity contribution is -0.142. The van der Waals surface area contributed by atoms with Gasteiger partial charge in [-0.15, -0.1) is 0 Å². The molecule has 0 saturated heterocycles. The largest absolute Gasteiger partial charge is 0.444 e. The molecular weight excluding hydrogens is 532 g/mol. The first kappa shape index (κ1) is 36.9. The Balaban J connectivity index is 3.51. The number of aryl methyl sites for hydroxylation is 2. The molecule has 1 aromatic rings. The van der Waals surface area contributed by atoms with Crippen LogP contribution in [0, 0.1) is 13.8 Å². The van der Waals surface area contributed by atoms with Crippen molar-refractivity contribution >= 4 is 23.8 Å². The topological polar surface area (TPSA) is 131 Å². The van der Waals surface area contributed by atoms with Crippen molar-refractivity contribution in [2.75, 3.05) is 13.1 Å². The van der Waals surface area contributed by atoms with Gasteiger partial charge in [0, 0.05) is 19.5 Å². The number of ether oxygens (including phenoxy) is 1. The number of nitrogens with zero attached hydrogens (tertiary/aromatic N) is 1. The highest BCUT2D eigenvalue weighted by molar-refractivity contribution is 5.92. The van der Waals surface area contributed by atoms with Crippen LogP contribution in [0.1, 0.15) is 128 Å². The first-order valence-electron chi connectivity index (χ1n) is 15.7. The Morgan fingerprint density at radius 3 is 2.17 bits per heavy atom. The van der Waals surface area contributed by atoms with Crippen LogP contribution in [-0.2, 0) is 19.1 Å². The average molecular weight is 589 g/mol. The number of hydrogen-bond acceptors (Lipinski definition) is 5. The number of alkyl carbamates (subject to hydrolysis) is 1. The van der Waals surface area contributed by atoms with E-state index in [1.807, 2.05) is 32.0 Å². The maximum absolute atomic E-state index is 14.3. The predicted molar refractivity (Wildman–Crippen MR) is 168 cm³/mol. The molecule has 42 heavy (non-hydrogen) atoms. The Hall–Kier alpha value is -3.10. The van der Waals surface area contributed by atoms with Gasteiger partial charge in [0.05, 0.1) is 0 Å². The average Bonchev–Trinajstić information content (AvgIpc) is 2.90. The zero-order valence-corrected chi connectivity index (χ0v) is 27.1. The third-order valence-electron chi connectivity index (χ3n) is 7.07. The van der Waals surface area contributed by atoms with Gasteiger partial charge < -0.3 is 26.0 Å². The lowest BCUT2D eigenvalue weighted by Crippen LogP contribution is -2.53. The summed E-state index contributed by atoms with van der Waals surface area (Å²) in [6.45, 7) is 14.2. The quantitative estimate of drug-likeness (QED) is 0.171. The number of nitrogens with two attached hydrogens (primary N) is 1. The Labute approximate surface area is 253 Å². The molecule has 1 aromatic carbocycles. The van der Waals surface area contributed by atoms with E-state index in [2.05, 4.69) is 24.5 Å². The summed E-state index contributed by atoms with van der Waals surface area (Å²) in [5, 5.41) is 5.73. The number of carbonyl (C=O) groups is 4. The van der Waals surface area contributed by atoms with E-state index >= 15 is 0 Å². The molecule has 0 fully saturated rings. The summed E-state index contributed by atoms with van der Waals surface area (Å²) in [6.07, 6.45) is 8.04. The van der Waals surface area contributed by atoms with Gasteiger partial charge in [-0.25, -0.2) is 4.79 Å². The number of unbranched alkanes of at least 4 members (excludes halogenated alkanes) is 7. The van der Waals surface area contributed by atoms with Crippen molar-refractivity contribution in [2.45, 2.75) is 137 Å². The summed E-state index contributed by atoms with van der Waals surface area (Å²) in [7, 11) is 0. The standard InChI is InChI=1S/C33H56N4O5/c1-8-10-12-13-14-16-22-37(31(40)27(19-20-28(34)38)36-32(41)42-33(5,6)7)29(30(39)35-21-15-11-9-2)26-23-24(3)17-18-25(26)4/h17-18,23,27,29H,8-16,19-22H2,1-7H3,(H2,34,38)(H,35,39)(H,36,41). The van der Waals surface area contributed by atoms with Crippen LogP contribution in [0.5, 0.6) is 0 Å². The minimum atomic E-state index is -1.09. The van der Waals surface area contributed by atoms with E-state index in [1.165, 1.54) is 0 Å². The second-order valence-corrected chi connectivity index (χ2v) is 12.3. The Kier molecular flexibility index (Phi) is 16.8. The third-order valence-corrected chi connectivity index (χ3v) is 7.07. The minimum absolute atomic E-state index is 0.00194. The number of nitrogens with one attached hydrogen (secondary N) is 2. The van der Waals surface area contributed by atoms with Crippen LogP contribution >= 0.6 is 0 Å². The predicted octanol–water partition coefficient (Wildman–Crippen LogP) is 6.00. The van der Waals surface area contributed by atoms with Gasteiger partial charge in [-0.05, 0) is 65.0 Å². The summed E-state index contributed by atoms with van der Waals surface area (Å²) < 4.78 is 5.43. The molecule has 1 rings (SSSR count). The molecule has 238 valence electrons. The Morgan fingerprint density at radius 2 is 1.55 bits per heavy atom. The van der Waals surface area contributed by atoms with Crippen molar-refractivity contribution in [1.82, 2.24) is 15.5 Å². The molecule has 0 aromatic heterocycles. The molecule has 0 aliphatic carbocycles. The number of hydrogen-bond donors (Lipinski definition) is 3. The van der Waals surface area contributed by atoms with Gasteiger partial charge in [0.1, 0.15) is 17.7 Å². The van der Waals surface area contributed by atoms with E-state index in [-0.39, 0.29) is 18.7 Å². The van der Waals surface area contributed by atoms with E-state index in [0.29, 0.717) is 19.5 Å². The van der Waals surface area contributed by atoms with E-state index in [0.717, 1.165) is 68.1 Å². The summed E-state index contributed by atoms with van der Waals surface area (Å²) in [6, 6.07) is 3.90. The molecule has 2 unspecified atom stereocenters. The van der Waals surface area contributed by atoms with Crippen LogP contribution in [0.3, 0.4) is 0 Å². The molecule has 0 aliphatic heterocycles. The molecule has 9 heteroatoms. The monoisotopic (exact) mass is 588 g/mol. The van der Waals surface area contributed by atoms with Gasteiger partial charge in [-0.1, -0.05) is 82.6 Å². The summed E-state index contributed by atoms with van der Waals surface area (Å²) >= 11 is 0. The second-order valence-electron chi connectivity index (χ2n) is 12.3. The fraction of sp³-hybridized carbons (Fsp3) is 0.697. The maximum atomic E-state index is 14.3. The lowest BCUT2D eigenvalue weighted by Gasteiger charge is -2.35. The van der Waals surface area contributed by atoms with E-state index in [1.54, 1.807) is 25.7 Å². The number of primary amides is 1. The Bertz CT molecular complexity index is 1000. The van der Waals surface area contributed by atoms with Crippen LogP contribution in [0.25, 0.3) is 0 Å². The molecule has 4 N–H and O–H groups in total. The summed E-state index contributed by atoms with van der Waals surface area (Å²) in [4.78, 5) is 54.3. The molecular formula is C33H56N4O5. The number of carbonyl (C=O) groups excluding carboxylic acids is 4. The van der Waals surface area contributed by atoms with Gasteiger partial charge >= 0.3 is 6.09 Å². The zero-order valence-electron chi connectivity index (χ0n) is 27.1. The number of rotatable bonds is 19. The summed E-state index contributed by atoms with van der Waals surface area (Å²) in [5.74, 6) is -1.28. The highest BCUT2D eigenvalue weighted by Crippen LogP contribution is 2.28. The SMILES string of the molecule is CCCCCCCCN(C(=O)C(CCC(N)=O)NC(=O)OC(C)(C)C)C(C(=O)NCCCCC)c1cc(C)ccc1C. The molecule has 4 amide bonds. The Morgan fingerprint density at radius 1 is 0.929 bits per heavy atom. The summed E-state index contributed by atoms with van der Waals surface area (Å²) in [5.41, 5.74) is 7.26. The third kappa shape index (κ3) is 14.2. The molecule has 0 heterocycles. The fourth-order valence-electron chi connectivity index (χ4n) is 4.81. The van der Waals surface area contributed by atoms with Crippen LogP contribution in [0.4, 0.5) is 4.79 Å². The number of benzene rings is 1. The van der Waals surface area contributed by atoms with E-state index < -0.39 is 35.6 Å². The molecule has 0 saturated carbocycles. The molecule has 0 aliphatic rings. The van der Waals surface area contributed by atoms with Crippen molar-refractivity contribution in [3.63, 3.8) is 0 Å². The van der Waals surface area contributed by atoms with Crippen LogP contribution in [0.15, 0.2) is 18.2 Å². The first-order valence-corrected chi connectivity index (χ1v) is 15.7. The van der Waals surface area contributed by atoms with Crippen LogP contribution in [-0.4, -0.2) is 53.4 Å². The lowest BCUT2D eigenvalue weighted by atomic mass is 9.95. The molecule has 0 spiro atoms. The highest BCUT2D eigenvalue weighted by Gasteiger charge is 2.36. The normalized spacial score (nSPS) is 12.7. The molecule has 0 radical (unpaired) electrons. The van der Waals surface area contributed by atoms with Crippen molar-refractivity contribution in [2.24, 2.45) is 5.73 Å². The molecule has 0 bridgehead atoms. The smallest absolute Gasteiger partial charge is 0.408 e. The van der Waals surface area contributed by atoms with Crippen LogP contribution in [0.2, 0.25) is 0 Å². The zero-order chi connectivity index (χ0) is 31.7. The highest BCUT2D eigenvalue weighted by atomic mass is 16.6. The van der Waals surface area contributed by atoms with Crippen LogP contribution < -0.4 is 16.4 Å². The van der Waals surface area contributed by atoms with Crippen molar-refractivity contribution in [1.29, 1.82) is 0 Å². The van der Waals surface area contributed by atoms with Gasteiger partial charge in [-0.2, -0.15) is 0 Å². The van der Waals surface area contributed by atoms with E-state index in [9.17, 15) is 19.2 Å². The number of amides is 4. The van der Waals surface area contributed by atoms with Gasteiger partial charge in [-0.3, -0.25) is 14.4 Å². The maximum Gasteiger partial charge on any atom is 0.408 e. The van der Waals surface area contributed by atoms with Gasteiger partial charge in [0.15, 0.2) is 0 Å². The minimum Gasteiger partial charge on any atom is -0.444 e.